The normalized spacial score (nSPS) is 12.2. The fraction of sp³-hybridized carbons (Fsp3) is 0.444. The van der Waals surface area contributed by atoms with Gasteiger partial charge in [-0.2, -0.15) is 5.10 Å². The quantitative estimate of drug-likeness (QED) is 0.664. The van der Waals surface area contributed by atoms with Crippen molar-refractivity contribution in [3.05, 3.63) is 18.2 Å². The average molecular weight is 176 g/mol. The molecule has 2 aromatic heterocycles. The van der Waals surface area contributed by atoms with Crippen molar-refractivity contribution < 1.29 is 0 Å². The number of hydrogen-bond donors (Lipinski definition) is 1. The van der Waals surface area contributed by atoms with Gasteiger partial charge in [0.25, 0.3) is 0 Å². The number of aromatic amines is 1. The lowest BCUT2D eigenvalue weighted by Gasteiger charge is -2.15. The van der Waals surface area contributed by atoms with Gasteiger partial charge in [-0.1, -0.05) is 20.8 Å². The van der Waals surface area contributed by atoms with Crippen LogP contribution in [0.2, 0.25) is 0 Å². The minimum absolute atomic E-state index is 0.0146. The maximum Gasteiger partial charge on any atom is 0.158 e. The van der Waals surface area contributed by atoms with E-state index in [2.05, 4.69) is 40.9 Å². The number of nitrogens with one attached hydrogen (secondary N) is 1. The van der Waals surface area contributed by atoms with Gasteiger partial charge in [0, 0.05) is 11.6 Å². The summed E-state index contributed by atoms with van der Waals surface area (Å²) in [7, 11) is 0. The van der Waals surface area contributed by atoms with Gasteiger partial charge in [-0.3, -0.25) is 5.10 Å². The fourth-order valence-electron chi connectivity index (χ4n) is 1.10. The van der Waals surface area contributed by atoms with Crippen LogP contribution in [0.4, 0.5) is 0 Å². The van der Waals surface area contributed by atoms with Crippen LogP contribution in [0.15, 0.2) is 12.4 Å². The van der Waals surface area contributed by atoms with Crippen LogP contribution in [-0.2, 0) is 5.41 Å². The highest BCUT2D eigenvalue weighted by Crippen LogP contribution is 2.18. The molecule has 0 saturated heterocycles. The molecule has 68 valence electrons. The smallest absolute Gasteiger partial charge is 0.158 e. The number of hydrogen-bond acceptors (Lipinski definition) is 3. The fourth-order valence-corrected chi connectivity index (χ4v) is 1.10. The average Bonchev–Trinajstić information content (AvgIpc) is 2.47. The molecule has 1 N–H and O–H groups in total. The van der Waals surface area contributed by atoms with Crippen LogP contribution in [0.25, 0.3) is 11.0 Å². The molecule has 0 aromatic carbocycles. The number of fused-ring (bicyclic) bond motifs is 1. The first-order valence-corrected chi connectivity index (χ1v) is 4.24. The molecular formula is C9H12N4. The summed E-state index contributed by atoms with van der Waals surface area (Å²) < 4.78 is 0. The van der Waals surface area contributed by atoms with Crippen molar-refractivity contribution in [3.8, 4) is 0 Å². The van der Waals surface area contributed by atoms with Crippen LogP contribution >= 0.6 is 0 Å². The van der Waals surface area contributed by atoms with E-state index in [4.69, 9.17) is 0 Å². The van der Waals surface area contributed by atoms with Crippen LogP contribution in [-0.4, -0.2) is 20.2 Å². The zero-order valence-electron chi connectivity index (χ0n) is 8.00. The van der Waals surface area contributed by atoms with E-state index in [0.717, 1.165) is 16.9 Å². The lowest BCUT2D eigenvalue weighted by Crippen LogP contribution is -2.15. The van der Waals surface area contributed by atoms with Crippen LogP contribution in [0.3, 0.4) is 0 Å². The second kappa shape index (κ2) is 2.52. The number of nitrogens with zero attached hydrogens (tertiary/aromatic N) is 3. The Hall–Kier alpha value is -1.45. The van der Waals surface area contributed by atoms with Crippen LogP contribution in [0.1, 0.15) is 26.6 Å². The van der Waals surface area contributed by atoms with Crippen molar-refractivity contribution >= 4 is 11.0 Å². The number of aromatic nitrogens is 4. The molecule has 0 fully saturated rings. The number of rotatable bonds is 0. The summed E-state index contributed by atoms with van der Waals surface area (Å²) in [6.07, 6.45) is 3.52. The van der Waals surface area contributed by atoms with E-state index in [9.17, 15) is 0 Å². The Morgan fingerprint density at radius 3 is 2.69 bits per heavy atom. The zero-order valence-corrected chi connectivity index (χ0v) is 8.00. The second-order valence-corrected chi connectivity index (χ2v) is 4.12. The molecule has 4 nitrogen and oxygen atoms in total. The molecule has 4 heteroatoms. The molecule has 13 heavy (non-hydrogen) atoms. The van der Waals surface area contributed by atoms with Gasteiger partial charge >= 0.3 is 0 Å². The Kier molecular flexibility index (Phi) is 1.58. The summed E-state index contributed by atoms with van der Waals surface area (Å²) >= 11 is 0. The Balaban J connectivity index is 2.61. The van der Waals surface area contributed by atoms with Crippen LogP contribution in [0.5, 0.6) is 0 Å². The molecule has 0 atom stereocenters. The van der Waals surface area contributed by atoms with E-state index in [-0.39, 0.29) is 5.41 Å². The van der Waals surface area contributed by atoms with E-state index >= 15 is 0 Å². The summed E-state index contributed by atoms with van der Waals surface area (Å²) in [4.78, 5) is 8.66. The molecule has 0 spiro atoms. The molecule has 0 amide bonds. The maximum atomic E-state index is 4.38. The van der Waals surface area contributed by atoms with Crippen molar-refractivity contribution in [1.82, 2.24) is 20.2 Å². The van der Waals surface area contributed by atoms with E-state index in [1.807, 2.05) is 0 Å². The topological polar surface area (TPSA) is 54.5 Å². The number of H-pyrrole nitrogens is 1. The van der Waals surface area contributed by atoms with Gasteiger partial charge in [-0.05, 0) is 0 Å². The first-order chi connectivity index (χ1) is 6.07. The van der Waals surface area contributed by atoms with Crippen molar-refractivity contribution in [3.63, 3.8) is 0 Å². The highest BCUT2D eigenvalue weighted by atomic mass is 15.1. The molecule has 0 bridgehead atoms. The van der Waals surface area contributed by atoms with Crippen molar-refractivity contribution in [2.75, 3.05) is 0 Å². The van der Waals surface area contributed by atoms with E-state index in [1.165, 1.54) is 0 Å². The molecule has 0 aliphatic carbocycles. The summed E-state index contributed by atoms with van der Waals surface area (Å²) in [5.41, 5.74) is 0.791. The molecule has 0 aliphatic heterocycles. The largest absolute Gasteiger partial charge is 0.261 e. The predicted molar refractivity (Wildman–Crippen MR) is 50.4 cm³/mol. The van der Waals surface area contributed by atoms with Crippen molar-refractivity contribution in [2.45, 2.75) is 26.2 Å². The predicted octanol–water partition coefficient (Wildman–Crippen LogP) is 1.65. The Morgan fingerprint density at radius 1 is 1.23 bits per heavy atom. The van der Waals surface area contributed by atoms with Gasteiger partial charge in [0.15, 0.2) is 5.65 Å². The van der Waals surface area contributed by atoms with Gasteiger partial charge in [-0.25, -0.2) is 9.97 Å². The molecule has 0 unspecified atom stereocenters. The van der Waals surface area contributed by atoms with Gasteiger partial charge in [0.2, 0.25) is 0 Å². The Labute approximate surface area is 76.4 Å². The molecule has 0 radical (unpaired) electrons. The highest BCUT2D eigenvalue weighted by Gasteiger charge is 2.17. The van der Waals surface area contributed by atoms with Crippen molar-refractivity contribution in [2.24, 2.45) is 0 Å². The first kappa shape index (κ1) is 8.16. The molecule has 0 saturated carbocycles. The standard InChI is InChI=1S/C9H12N4/c1-9(2,3)8-10-4-6-5-11-13-7(6)12-8/h4-5H,1-3H3,(H,10,11,12,13). The SMILES string of the molecule is CC(C)(C)c1ncc2cn[nH]c2n1. The van der Waals surface area contributed by atoms with E-state index in [1.54, 1.807) is 12.4 Å². The second-order valence-electron chi connectivity index (χ2n) is 4.12. The van der Waals surface area contributed by atoms with Gasteiger partial charge in [-0.15, -0.1) is 0 Å². The minimum Gasteiger partial charge on any atom is -0.261 e. The molecule has 2 rings (SSSR count). The summed E-state index contributed by atoms with van der Waals surface area (Å²) in [6.45, 7) is 6.26. The lowest BCUT2D eigenvalue weighted by molar-refractivity contribution is 0.548. The third-order valence-corrected chi connectivity index (χ3v) is 1.86. The lowest BCUT2D eigenvalue weighted by atomic mass is 9.96. The van der Waals surface area contributed by atoms with Crippen LogP contribution < -0.4 is 0 Å². The zero-order chi connectivity index (χ0) is 9.47. The Bertz CT molecular complexity index is 424. The third-order valence-electron chi connectivity index (χ3n) is 1.86. The summed E-state index contributed by atoms with van der Waals surface area (Å²) in [5, 5.41) is 7.68. The van der Waals surface area contributed by atoms with Crippen molar-refractivity contribution in [1.29, 1.82) is 0 Å². The summed E-state index contributed by atoms with van der Waals surface area (Å²) in [6, 6.07) is 0. The Morgan fingerprint density at radius 2 is 2.00 bits per heavy atom. The van der Waals surface area contributed by atoms with Gasteiger partial charge in [0.1, 0.15) is 5.82 Å². The highest BCUT2D eigenvalue weighted by molar-refractivity contribution is 5.72. The van der Waals surface area contributed by atoms with Gasteiger partial charge < -0.3 is 0 Å². The molecule has 2 heterocycles. The molecule has 2 aromatic rings. The van der Waals surface area contributed by atoms with Gasteiger partial charge in [0.05, 0.1) is 11.6 Å². The van der Waals surface area contributed by atoms with E-state index < -0.39 is 0 Å². The van der Waals surface area contributed by atoms with Crippen LogP contribution in [0, 0.1) is 0 Å². The third kappa shape index (κ3) is 1.39. The molecule has 0 aliphatic rings. The maximum absolute atomic E-state index is 4.38. The minimum atomic E-state index is -0.0146. The molecular weight excluding hydrogens is 164 g/mol. The van der Waals surface area contributed by atoms with E-state index in [0.29, 0.717) is 0 Å². The monoisotopic (exact) mass is 176 g/mol. The first-order valence-electron chi connectivity index (χ1n) is 4.24. The summed E-state index contributed by atoms with van der Waals surface area (Å²) in [5.74, 6) is 0.837.